The number of halogens is 2. The first-order valence-corrected chi connectivity index (χ1v) is 11.4. The van der Waals surface area contributed by atoms with Crippen molar-refractivity contribution in [1.82, 2.24) is 10.3 Å². The van der Waals surface area contributed by atoms with Gasteiger partial charge in [0.05, 0.1) is 17.7 Å². The fourth-order valence-electron chi connectivity index (χ4n) is 3.13. The Morgan fingerprint density at radius 2 is 1.94 bits per heavy atom. The van der Waals surface area contributed by atoms with E-state index in [2.05, 4.69) is 10.3 Å². The number of ether oxygens (including phenoxy) is 2. The number of nitrogens with zero attached hydrogens (tertiary/aromatic N) is 1. The number of hydrogen-bond donors (Lipinski definition) is 1. The lowest BCUT2D eigenvalue weighted by atomic mass is 10.0. The third kappa shape index (κ3) is 5.24. The van der Waals surface area contributed by atoms with Crippen molar-refractivity contribution in [2.45, 2.75) is 6.61 Å². The van der Waals surface area contributed by atoms with Crippen molar-refractivity contribution in [2.75, 3.05) is 7.11 Å². The van der Waals surface area contributed by atoms with Crippen LogP contribution in [0.4, 0.5) is 0 Å². The molecule has 0 unspecified atom stereocenters. The van der Waals surface area contributed by atoms with Crippen LogP contribution in [0.25, 0.3) is 17.2 Å². The number of hydrogen-bond acceptors (Lipinski definition) is 6. The Labute approximate surface area is 204 Å². The maximum atomic E-state index is 12.1. The standard InChI is InChI=1S/C23H16Cl2N2O3S2/c1-29-19-7-13(8-20-22(28)27-23(31)32-20)6-18(14-9-15(24)11-16(25)10-14)21(19)30-12-17-4-2-3-5-26-17/h2-11H,12H2,1H3,(H,27,28,31)/b20-8-. The molecule has 0 atom stereocenters. The summed E-state index contributed by atoms with van der Waals surface area (Å²) in [6.07, 6.45) is 3.46. The number of amides is 1. The van der Waals surface area contributed by atoms with Gasteiger partial charge in [-0.25, -0.2) is 0 Å². The van der Waals surface area contributed by atoms with Crippen molar-refractivity contribution in [3.63, 3.8) is 0 Å². The van der Waals surface area contributed by atoms with Gasteiger partial charge in [0, 0.05) is 21.8 Å². The first-order chi connectivity index (χ1) is 15.4. The van der Waals surface area contributed by atoms with Crippen LogP contribution in [-0.4, -0.2) is 22.3 Å². The Kier molecular flexibility index (Phi) is 7.01. The van der Waals surface area contributed by atoms with E-state index in [1.54, 1.807) is 43.6 Å². The SMILES string of the molecule is COc1cc(/C=C2\SC(=S)NC2=O)cc(-c2cc(Cl)cc(Cl)c2)c1OCc1ccccn1. The molecule has 1 N–H and O–H groups in total. The number of aromatic nitrogens is 1. The fraction of sp³-hybridized carbons (Fsp3) is 0.0870. The third-order valence-corrected chi connectivity index (χ3v) is 6.10. The highest BCUT2D eigenvalue weighted by atomic mass is 35.5. The Balaban J connectivity index is 1.82. The van der Waals surface area contributed by atoms with E-state index in [1.165, 1.54) is 11.8 Å². The van der Waals surface area contributed by atoms with Crippen molar-refractivity contribution in [2.24, 2.45) is 0 Å². The van der Waals surface area contributed by atoms with Crippen LogP contribution >= 0.6 is 47.2 Å². The van der Waals surface area contributed by atoms with Crippen molar-refractivity contribution >= 4 is 63.5 Å². The first kappa shape index (κ1) is 22.6. The molecule has 5 nitrogen and oxygen atoms in total. The zero-order chi connectivity index (χ0) is 22.7. The highest BCUT2D eigenvalue weighted by molar-refractivity contribution is 8.26. The minimum Gasteiger partial charge on any atom is -0.493 e. The predicted octanol–water partition coefficient (Wildman–Crippen LogP) is 6.13. The number of benzene rings is 2. The molecule has 0 spiro atoms. The molecule has 1 fully saturated rings. The summed E-state index contributed by atoms with van der Waals surface area (Å²) in [7, 11) is 1.56. The van der Waals surface area contributed by atoms with E-state index >= 15 is 0 Å². The summed E-state index contributed by atoms with van der Waals surface area (Å²) in [4.78, 5) is 16.9. The van der Waals surface area contributed by atoms with Crippen LogP contribution in [0.15, 0.2) is 59.6 Å². The normalized spacial score (nSPS) is 14.5. The number of thioether (sulfide) groups is 1. The number of rotatable bonds is 6. The zero-order valence-electron chi connectivity index (χ0n) is 16.7. The van der Waals surface area contributed by atoms with Gasteiger partial charge in [-0.2, -0.15) is 0 Å². The predicted molar refractivity (Wildman–Crippen MR) is 133 cm³/mol. The molecule has 1 saturated heterocycles. The molecule has 1 aliphatic heterocycles. The summed E-state index contributed by atoms with van der Waals surface area (Å²) >= 11 is 18.8. The van der Waals surface area contributed by atoms with Gasteiger partial charge in [0.25, 0.3) is 5.91 Å². The average molecular weight is 503 g/mol. The summed E-state index contributed by atoms with van der Waals surface area (Å²) in [5, 5.41) is 3.59. The number of pyridine rings is 1. The third-order valence-electron chi connectivity index (χ3n) is 4.50. The maximum Gasteiger partial charge on any atom is 0.263 e. The maximum absolute atomic E-state index is 12.1. The molecule has 4 rings (SSSR count). The molecule has 2 aromatic carbocycles. The van der Waals surface area contributed by atoms with Crippen LogP contribution in [0.1, 0.15) is 11.3 Å². The summed E-state index contributed by atoms with van der Waals surface area (Å²) < 4.78 is 12.2. The van der Waals surface area contributed by atoms with E-state index in [-0.39, 0.29) is 12.5 Å². The van der Waals surface area contributed by atoms with Gasteiger partial charge in [-0.3, -0.25) is 9.78 Å². The quantitative estimate of drug-likeness (QED) is 0.323. The second kappa shape index (κ2) is 9.92. The lowest BCUT2D eigenvalue weighted by Crippen LogP contribution is -2.17. The number of methoxy groups -OCH3 is 1. The fourth-order valence-corrected chi connectivity index (χ4v) is 4.70. The zero-order valence-corrected chi connectivity index (χ0v) is 19.9. The van der Waals surface area contributed by atoms with Gasteiger partial charge in [0.15, 0.2) is 11.5 Å². The van der Waals surface area contributed by atoms with Gasteiger partial charge in [-0.1, -0.05) is 53.2 Å². The molecule has 0 bridgehead atoms. The highest BCUT2D eigenvalue weighted by Gasteiger charge is 2.23. The first-order valence-electron chi connectivity index (χ1n) is 9.39. The molecule has 0 aliphatic carbocycles. The van der Waals surface area contributed by atoms with Crippen molar-refractivity contribution < 1.29 is 14.3 Å². The Bertz CT molecular complexity index is 1210. The Morgan fingerprint density at radius 1 is 1.16 bits per heavy atom. The van der Waals surface area contributed by atoms with Crippen molar-refractivity contribution in [3.8, 4) is 22.6 Å². The smallest absolute Gasteiger partial charge is 0.263 e. The van der Waals surface area contributed by atoms with Gasteiger partial charge in [0.2, 0.25) is 0 Å². The van der Waals surface area contributed by atoms with Crippen LogP contribution in [0.5, 0.6) is 11.5 Å². The summed E-state index contributed by atoms with van der Waals surface area (Å²) in [5.74, 6) is 0.770. The van der Waals surface area contributed by atoms with E-state index in [0.29, 0.717) is 36.3 Å². The molecule has 0 radical (unpaired) electrons. The molecule has 9 heteroatoms. The molecule has 32 heavy (non-hydrogen) atoms. The minimum absolute atomic E-state index is 0.234. The van der Waals surface area contributed by atoms with E-state index in [9.17, 15) is 4.79 Å². The molecule has 3 aromatic rings. The second-order valence-corrected chi connectivity index (χ2v) is 9.31. The number of nitrogens with one attached hydrogen (secondary N) is 1. The molecule has 1 amide bonds. The molecular weight excluding hydrogens is 487 g/mol. The summed E-state index contributed by atoms with van der Waals surface area (Å²) in [5.41, 5.74) is 2.96. The van der Waals surface area contributed by atoms with Crippen LogP contribution in [0.2, 0.25) is 10.0 Å². The van der Waals surface area contributed by atoms with Crippen LogP contribution in [0, 0.1) is 0 Å². The number of carbonyl (C=O) groups is 1. The van der Waals surface area contributed by atoms with E-state index in [4.69, 9.17) is 44.9 Å². The van der Waals surface area contributed by atoms with Gasteiger partial charge in [-0.05, 0) is 59.7 Å². The van der Waals surface area contributed by atoms with Gasteiger partial charge < -0.3 is 14.8 Å². The number of thiocarbonyl (C=S) groups is 1. The lowest BCUT2D eigenvalue weighted by molar-refractivity contribution is -0.115. The average Bonchev–Trinajstić information content (AvgIpc) is 3.08. The second-order valence-electron chi connectivity index (χ2n) is 6.72. The summed E-state index contributed by atoms with van der Waals surface area (Å²) in [6.45, 7) is 0.242. The van der Waals surface area contributed by atoms with E-state index in [0.717, 1.165) is 16.8 Å². The van der Waals surface area contributed by atoms with Gasteiger partial charge in [-0.15, -0.1) is 0 Å². The minimum atomic E-state index is -0.234. The van der Waals surface area contributed by atoms with Crippen molar-refractivity contribution in [1.29, 1.82) is 0 Å². The van der Waals surface area contributed by atoms with Crippen LogP contribution in [0.3, 0.4) is 0 Å². The molecule has 1 aromatic heterocycles. The van der Waals surface area contributed by atoms with E-state index in [1.807, 2.05) is 24.3 Å². The largest absolute Gasteiger partial charge is 0.493 e. The lowest BCUT2D eigenvalue weighted by Gasteiger charge is -2.17. The van der Waals surface area contributed by atoms with Crippen LogP contribution < -0.4 is 14.8 Å². The summed E-state index contributed by atoms with van der Waals surface area (Å²) in [6, 6.07) is 14.5. The topological polar surface area (TPSA) is 60.5 Å². The van der Waals surface area contributed by atoms with Crippen molar-refractivity contribution in [3.05, 3.63) is 80.9 Å². The number of carbonyl (C=O) groups excluding carboxylic acids is 1. The Hall–Kier alpha value is -2.58. The molecule has 2 heterocycles. The molecule has 1 aliphatic rings. The molecular formula is C23H16Cl2N2O3S2. The molecule has 0 saturated carbocycles. The van der Waals surface area contributed by atoms with Crippen LogP contribution in [-0.2, 0) is 11.4 Å². The monoisotopic (exact) mass is 502 g/mol. The highest BCUT2D eigenvalue weighted by Crippen LogP contribution is 2.42. The Morgan fingerprint density at radius 3 is 2.56 bits per heavy atom. The van der Waals surface area contributed by atoms with Gasteiger partial charge >= 0.3 is 0 Å². The van der Waals surface area contributed by atoms with E-state index < -0.39 is 0 Å². The van der Waals surface area contributed by atoms with Gasteiger partial charge in [0.1, 0.15) is 10.9 Å². The molecule has 162 valence electrons.